The van der Waals surface area contributed by atoms with Crippen LogP contribution in [0.25, 0.3) is 0 Å². The predicted molar refractivity (Wildman–Crippen MR) is 81.2 cm³/mol. The molecule has 0 saturated carbocycles. The second kappa shape index (κ2) is 6.28. The molecule has 0 aromatic heterocycles. The van der Waals surface area contributed by atoms with Crippen molar-refractivity contribution in [1.29, 1.82) is 0 Å². The minimum absolute atomic E-state index is 0.211. The van der Waals surface area contributed by atoms with E-state index in [1.54, 1.807) is 55.6 Å². The highest BCUT2D eigenvalue weighted by atomic mass is 32.2. The molecule has 0 bridgehead atoms. The van der Waals surface area contributed by atoms with Crippen LogP contribution in [0, 0.1) is 6.92 Å². The summed E-state index contributed by atoms with van der Waals surface area (Å²) in [6.45, 7) is 1.42. The van der Waals surface area contributed by atoms with E-state index in [1.165, 1.54) is 0 Å². The van der Waals surface area contributed by atoms with Crippen molar-refractivity contribution in [2.24, 2.45) is 0 Å². The molecule has 0 fully saturated rings. The third-order valence-electron chi connectivity index (χ3n) is 3.38. The van der Waals surface area contributed by atoms with Crippen molar-refractivity contribution >= 4 is 9.84 Å². The Morgan fingerprint density at radius 2 is 1.62 bits per heavy atom. The molecule has 0 aliphatic heterocycles. The number of aryl methyl sites for hydroxylation is 1. The zero-order valence-corrected chi connectivity index (χ0v) is 12.8. The summed E-state index contributed by atoms with van der Waals surface area (Å²) >= 11 is 0. The van der Waals surface area contributed by atoms with Crippen LogP contribution in [0.5, 0.6) is 5.75 Å². The number of hydrogen-bond acceptors (Lipinski definition) is 4. The quantitative estimate of drug-likeness (QED) is 0.922. The maximum absolute atomic E-state index is 12.6. The van der Waals surface area contributed by atoms with Gasteiger partial charge in [-0.05, 0) is 36.8 Å². The van der Waals surface area contributed by atoms with Crippen molar-refractivity contribution < 1.29 is 18.3 Å². The van der Waals surface area contributed by atoms with E-state index in [1.807, 2.05) is 6.92 Å². The van der Waals surface area contributed by atoms with Crippen LogP contribution in [0.4, 0.5) is 0 Å². The molecule has 0 spiro atoms. The molecule has 2 aromatic rings. The van der Waals surface area contributed by atoms with Gasteiger partial charge in [0.05, 0.1) is 18.6 Å². The molecule has 21 heavy (non-hydrogen) atoms. The van der Waals surface area contributed by atoms with Crippen LogP contribution in [0.3, 0.4) is 0 Å². The van der Waals surface area contributed by atoms with Crippen LogP contribution in [-0.2, 0) is 9.84 Å². The lowest BCUT2D eigenvalue weighted by Crippen LogP contribution is -2.17. The molecule has 0 radical (unpaired) electrons. The van der Waals surface area contributed by atoms with Gasteiger partial charge in [0.1, 0.15) is 11.0 Å². The van der Waals surface area contributed by atoms with Crippen molar-refractivity contribution in [3.05, 3.63) is 59.7 Å². The Labute approximate surface area is 124 Å². The topological polar surface area (TPSA) is 63.6 Å². The maximum Gasteiger partial charge on any atom is 0.187 e. The molecular weight excluding hydrogens is 288 g/mol. The Morgan fingerprint density at radius 3 is 2.10 bits per heavy atom. The lowest BCUT2D eigenvalue weighted by Gasteiger charge is -2.16. The van der Waals surface area contributed by atoms with E-state index in [9.17, 15) is 13.5 Å². The first-order chi connectivity index (χ1) is 9.98. The van der Waals surface area contributed by atoms with Crippen LogP contribution in [0.1, 0.15) is 16.4 Å². The molecule has 0 heterocycles. The van der Waals surface area contributed by atoms with E-state index in [2.05, 4.69) is 0 Å². The van der Waals surface area contributed by atoms with Gasteiger partial charge in [-0.25, -0.2) is 8.42 Å². The first-order valence-electron chi connectivity index (χ1n) is 6.54. The first kappa shape index (κ1) is 15.5. The fourth-order valence-corrected chi connectivity index (χ4v) is 3.65. The normalized spacial score (nSPS) is 12.9. The molecule has 2 rings (SSSR count). The van der Waals surface area contributed by atoms with Gasteiger partial charge in [-0.2, -0.15) is 0 Å². The van der Waals surface area contributed by atoms with Crippen LogP contribution < -0.4 is 4.74 Å². The summed E-state index contributed by atoms with van der Waals surface area (Å²) in [5.74, 6) is 0.642. The van der Waals surface area contributed by atoms with Crippen LogP contribution >= 0.6 is 0 Å². The molecule has 1 unspecified atom stereocenters. The van der Waals surface area contributed by atoms with Crippen molar-refractivity contribution in [3.8, 4) is 5.75 Å². The Bertz CT molecular complexity index is 688. The molecule has 0 aliphatic carbocycles. The summed E-state index contributed by atoms with van der Waals surface area (Å²) in [6, 6.07) is 13.3. The summed E-state index contributed by atoms with van der Waals surface area (Å²) in [4.78, 5) is 0.211. The van der Waals surface area contributed by atoms with Crippen molar-refractivity contribution in [2.45, 2.75) is 17.1 Å². The van der Waals surface area contributed by atoms with E-state index in [0.29, 0.717) is 11.3 Å². The highest BCUT2D eigenvalue weighted by Crippen LogP contribution is 2.29. The Hall–Kier alpha value is -1.85. The Balaban J connectivity index is 2.41. The minimum atomic E-state index is -3.63. The van der Waals surface area contributed by atoms with Gasteiger partial charge < -0.3 is 9.84 Å². The smallest absolute Gasteiger partial charge is 0.187 e. The second-order valence-corrected chi connectivity index (χ2v) is 6.93. The van der Waals surface area contributed by atoms with Crippen molar-refractivity contribution in [1.82, 2.24) is 0 Å². The summed E-state index contributed by atoms with van der Waals surface area (Å²) in [6.07, 6.45) is 0. The number of benzene rings is 2. The number of hydrogen-bond donors (Lipinski definition) is 1. The Kier molecular flexibility index (Phi) is 4.65. The van der Waals surface area contributed by atoms with Crippen LogP contribution in [0.15, 0.2) is 53.4 Å². The highest BCUT2D eigenvalue weighted by molar-refractivity contribution is 7.91. The number of methoxy groups -OCH3 is 1. The largest absolute Gasteiger partial charge is 0.497 e. The van der Waals surface area contributed by atoms with Gasteiger partial charge in [-0.3, -0.25) is 0 Å². The third-order valence-corrected chi connectivity index (χ3v) is 5.48. The number of aliphatic hydroxyl groups excluding tert-OH is 1. The number of rotatable bonds is 5. The lowest BCUT2D eigenvalue weighted by atomic mass is 10.1. The van der Waals surface area contributed by atoms with Gasteiger partial charge in [0.15, 0.2) is 9.84 Å². The zero-order chi connectivity index (χ0) is 15.5. The standard InChI is InChI=1S/C16H18O4S/c1-12-3-9-15(10-4-12)21(18,19)16(11-17)13-5-7-14(20-2)8-6-13/h3-10,16-17H,11H2,1-2H3. The minimum Gasteiger partial charge on any atom is -0.497 e. The average Bonchev–Trinajstić information content (AvgIpc) is 2.49. The van der Waals surface area contributed by atoms with Crippen molar-refractivity contribution in [3.63, 3.8) is 0 Å². The van der Waals surface area contributed by atoms with Crippen LogP contribution in [-0.4, -0.2) is 27.2 Å². The van der Waals surface area contributed by atoms with Gasteiger partial charge in [-0.1, -0.05) is 29.8 Å². The molecule has 5 heteroatoms. The van der Waals surface area contributed by atoms with E-state index in [4.69, 9.17) is 4.74 Å². The maximum atomic E-state index is 12.6. The van der Waals surface area contributed by atoms with Gasteiger partial charge in [-0.15, -0.1) is 0 Å². The average molecular weight is 306 g/mol. The number of sulfone groups is 1. The van der Waals surface area contributed by atoms with Crippen LogP contribution in [0.2, 0.25) is 0 Å². The summed E-state index contributed by atoms with van der Waals surface area (Å²) in [7, 11) is -2.09. The third kappa shape index (κ3) is 3.25. The fourth-order valence-electron chi connectivity index (χ4n) is 2.09. The number of ether oxygens (including phenoxy) is 1. The van der Waals surface area contributed by atoms with E-state index >= 15 is 0 Å². The van der Waals surface area contributed by atoms with Gasteiger partial charge in [0, 0.05) is 0 Å². The van der Waals surface area contributed by atoms with E-state index in [0.717, 1.165) is 5.56 Å². The molecule has 112 valence electrons. The first-order valence-corrected chi connectivity index (χ1v) is 8.09. The predicted octanol–water partition coefficient (Wildman–Crippen LogP) is 2.51. The Morgan fingerprint density at radius 1 is 1.05 bits per heavy atom. The second-order valence-electron chi connectivity index (χ2n) is 4.80. The molecule has 1 N–H and O–H groups in total. The highest BCUT2D eigenvalue weighted by Gasteiger charge is 2.28. The lowest BCUT2D eigenvalue weighted by molar-refractivity contribution is 0.291. The SMILES string of the molecule is COc1ccc(C(CO)S(=O)(=O)c2ccc(C)cc2)cc1. The van der Waals surface area contributed by atoms with Gasteiger partial charge >= 0.3 is 0 Å². The summed E-state index contributed by atoms with van der Waals surface area (Å²) in [5, 5.41) is 8.57. The molecule has 0 aliphatic rings. The van der Waals surface area contributed by atoms with E-state index < -0.39 is 21.7 Å². The summed E-state index contributed by atoms with van der Waals surface area (Å²) < 4.78 is 30.3. The molecular formula is C16H18O4S. The van der Waals surface area contributed by atoms with Gasteiger partial charge in [0.2, 0.25) is 0 Å². The monoisotopic (exact) mass is 306 g/mol. The molecule has 0 saturated heterocycles. The summed E-state index contributed by atoms with van der Waals surface area (Å²) in [5.41, 5.74) is 1.53. The van der Waals surface area contributed by atoms with Gasteiger partial charge in [0.25, 0.3) is 0 Å². The molecule has 4 nitrogen and oxygen atoms in total. The zero-order valence-electron chi connectivity index (χ0n) is 12.0. The molecule has 1 atom stereocenters. The number of aliphatic hydroxyl groups is 1. The van der Waals surface area contributed by atoms with E-state index in [-0.39, 0.29) is 4.90 Å². The van der Waals surface area contributed by atoms with Crippen molar-refractivity contribution in [2.75, 3.05) is 13.7 Å². The fraction of sp³-hybridized carbons (Fsp3) is 0.250. The molecule has 2 aromatic carbocycles. The molecule has 0 amide bonds.